The van der Waals surface area contributed by atoms with Crippen LogP contribution in [-0.2, 0) is 0 Å². The van der Waals surface area contributed by atoms with Crippen molar-refractivity contribution in [3.8, 4) is 0 Å². The van der Waals surface area contributed by atoms with Crippen molar-refractivity contribution in [2.45, 2.75) is 0 Å². The summed E-state index contributed by atoms with van der Waals surface area (Å²) < 4.78 is 0.992. The van der Waals surface area contributed by atoms with Gasteiger partial charge < -0.3 is 4.98 Å². The Kier molecular flexibility index (Phi) is 4.26. The number of rotatable bonds is 0. The summed E-state index contributed by atoms with van der Waals surface area (Å²) in [7, 11) is 0. The molecule has 8 heavy (non-hydrogen) atoms. The van der Waals surface area contributed by atoms with Gasteiger partial charge in [0.05, 0.1) is 0 Å². The normalized spacial score (nSPS) is 7.62. The standard InChI is InChI=1S/C5H3BrN.Li/c6-5-2-1-3-7-4-5;/h1-2,4H;/q-1;+1. The van der Waals surface area contributed by atoms with E-state index in [0.29, 0.717) is 0 Å². The molecule has 1 aromatic rings. The van der Waals surface area contributed by atoms with Gasteiger partial charge in [0.15, 0.2) is 0 Å². The van der Waals surface area contributed by atoms with Crippen LogP contribution in [0.1, 0.15) is 0 Å². The van der Waals surface area contributed by atoms with Crippen molar-refractivity contribution >= 4 is 15.9 Å². The Balaban J connectivity index is 0.000000490. The van der Waals surface area contributed by atoms with Crippen LogP contribution in [0.3, 0.4) is 0 Å². The maximum Gasteiger partial charge on any atom is 1.00 e. The minimum absolute atomic E-state index is 0. The molecule has 0 saturated heterocycles. The van der Waals surface area contributed by atoms with Gasteiger partial charge in [-0.15, -0.1) is 0 Å². The maximum atomic E-state index is 3.71. The molecule has 0 radical (unpaired) electrons. The summed E-state index contributed by atoms with van der Waals surface area (Å²) in [5.41, 5.74) is 0. The molecule has 1 heterocycles. The van der Waals surface area contributed by atoms with E-state index in [4.69, 9.17) is 0 Å². The first kappa shape index (κ1) is 8.23. The average molecular weight is 164 g/mol. The average Bonchev–Trinajstić information content (AvgIpc) is 1.69. The van der Waals surface area contributed by atoms with Gasteiger partial charge in [0.1, 0.15) is 0 Å². The molecule has 1 aromatic heterocycles. The number of pyridine rings is 1. The molecule has 0 amide bonds. The summed E-state index contributed by atoms with van der Waals surface area (Å²) in [6, 6.07) is 3.64. The van der Waals surface area contributed by atoms with Crippen molar-refractivity contribution in [1.29, 1.82) is 0 Å². The SMILES string of the molecule is Brc1cc[c-]nc1.[Li+]. The maximum absolute atomic E-state index is 3.71. The second kappa shape index (κ2) is 4.14. The molecule has 0 aliphatic carbocycles. The van der Waals surface area contributed by atoms with E-state index in [1.165, 1.54) is 0 Å². The van der Waals surface area contributed by atoms with E-state index in [0.717, 1.165) is 4.47 Å². The molecule has 0 spiro atoms. The molecule has 36 valence electrons. The zero-order chi connectivity index (χ0) is 5.11. The van der Waals surface area contributed by atoms with Gasteiger partial charge in [-0.2, -0.15) is 12.1 Å². The topological polar surface area (TPSA) is 12.9 Å². The fourth-order valence-electron chi connectivity index (χ4n) is 0.302. The van der Waals surface area contributed by atoms with Gasteiger partial charge in [-0.05, 0) is 0 Å². The predicted molar refractivity (Wildman–Crippen MR) is 30.8 cm³/mol. The molecule has 1 rings (SSSR count). The summed E-state index contributed by atoms with van der Waals surface area (Å²) in [5, 5.41) is 0. The molecule has 0 fully saturated rings. The van der Waals surface area contributed by atoms with E-state index in [2.05, 4.69) is 27.1 Å². The molecular formula is C5H3BrLiN. The van der Waals surface area contributed by atoms with Crippen molar-refractivity contribution < 1.29 is 18.9 Å². The summed E-state index contributed by atoms with van der Waals surface area (Å²) in [6.07, 6.45) is 4.35. The third kappa shape index (κ3) is 2.51. The summed E-state index contributed by atoms with van der Waals surface area (Å²) in [5.74, 6) is 0. The number of halogens is 1. The van der Waals surface area contributed by atoms with Crippen molar-refractivity contribution in [3.05, 3.63) is 29.0 Å². The van der Waals surface area contributed by atoms with Gasteiger partial charge in [-0.1, -0.05) is 32.8 Å². The van der Waals surface area contributed by atoms with Crippen molar-refractivity contribution in [2.75, 3.05) is 0 Å². The van der Waals surface area contributed by atoms with Crippen molar-refractivity contribution in [1.82, 2.24) is 4.98 Å². The molecule has 0 bridgehead atoms. The van der Waals surface area contributed by atoms with E-state index in [-0.39, 0.29) is 18.9 Å². The van der Waals surface area contributed by atoms with Crippen molar-refractivity contribution in [3.63, 3.8) is 0 Å². The second-order valence-electron chi connectivity index (χ2n) is 1.11. The first-order chi connectivity index (χ1) is 3.39. The largest absolute Gasteiger partial charge is 1.00 e. The zero-order valence-electron chi connectivity index (χ0n) is 4.56. The monoisotopic (exact) mass is 163 g/mol. The van der Waals surface area contributed by atoms with Gasteiger partial charge in [-0.25, -0.2) is 0 Å². The third-order valence-electron chi connectivity index (χ3n) is 0.580. The van der Waals surface area contributed by atoms with Crippen LogP contribution in [0, 0.1) is 6.20 Å². The minimum Gasteiger partial charge on any atom is -0.393 e. The Morgan fingerprint density at radius 2 is 2.38 bits per heavy atom. The number of nitrogens with zero attached hydrogens (tertiary/aromatic N) is 1. The summed E-state index contributed by atoms with van der Waals surface area (Å²) >= 11 is 3.23. The number of aromatic nitrogens is 1. The van der Waals surface area contributed by atoms with Crippen LogP contribution in [0.4, 0.5) is 0 Å². The minimum atomic E-state index is 0. The van der Waals surface area contributed by atoms with Crippen LogP contribution < -0.4 is 18.9 Å². The van der Waals surface area contributed by atoms with Crippen LogP contribution >= 0.6 is 15.9 Å². The van der Waals surface area contributed by atoms with Crippen LogP contribution in [0.2, 0.25) is 0 Å². The van der Waals surface area contributed by atoms with E-state index >= 15 is 0 Å². The van der Waals surface area contributed by atoms with Crippen LogP contribution in [0.5, 0.6) is 0 Å². The Morgan fingerprint density at radius 3 is 2.62 bits per heavy atom. The van der Waals surface area contributed by atoms with Gasteiger partial charge in [0.2, 0.25) is 0 Å². The van der Waals surface area contributed by atoms with E-state index in [9.17, 15) is 0 Å². The fourth-order valence-corrected chi connectivity index (χ4v) is 0.536. The second-order valence-corrected chi connectivity index (χ2v) is 2.02. The van der Waals surface area contributed by atoms with E-state index in [1.54, 1.807) is 12.3 Å². The van der Waals surface area contributed by atoms with Crippen LogP contribution in [-0.4, -0.2) is 4.98 Å². The predicted octanol–water partition coefficient (Wildman–Crippen LogP) is -1.35. The first-order valence-corrected chi connectivity index (χ1v) is 2.66. The Bertz CT molecular complexity index is 142. The molecule has 0 aliphatic heterocycles. The molecule has 0 aromatic carbocycles. The molecule has 3 heteroatoms. The smallest absolute Gasteiger partial charge is 0.393 e. The van der Waals surface area contributed by atoms with Gasteiger partial charge in [-0.3, -0.25) is 0 Å². The van der Waals surface area contributed by atoms with Crippen LogP contribution in [0.25, 0.3) is 0 Å². The third-order valence-corrected chi connectivity index (χ3v) is 1.05. The molecule has 0 N–H and O–H groups in total. The molecule has 0 aliphatic rings. The molecule has 1 nitrogen and oxygen atoms in total. The van der Waals surface area contributed by atoms with Crippen molar-refractivity contribution in [2.24, 2.45) is 0 Å². The molecular weight excluding hydrogens is 161 g/mol. The summed E-state index contributed by atoms with van der Waals surface area (Å²) in [6.45, 7) is 0. The fraction of sp³-hybridized carbons (Fsp3) is 0. The first-order valence-electron chi connectivity index (χ1n) is 1.87. The van der Waals surface area contributed by atoms with E-state index in [1.807, 2.05) is 6.07 Å². The molecule has 0 saturated carbocycles. The molecule has 0 atom stereocenters. The van der Waals surface area contributed by atoms with Gasteiger partial charge in [0, 0.05) is 0 Å². The van der Waals surface area contributed by atoms with Gasteiger partial charge >= 0.3 is 18.9 Å². The van der Waals surface area contributed by atoms with E-state index < -0.39 is 0 Å². The molecule has 0 unspecified atom stereocenters. The van der Waals surface area contributed by atoms with Crippen LogP contribution in [0.15, 0.2) is 22.8 Å². The Morgan fingerprint density at radius 1 is 1.62 bits per heavy atom. The Labute approximate surface area is 68.8 Å². The van der Waals surface area contributed by atoms with Gasteiger partial charge in [0.25, 0.3) is 0 Å². The Hall–Kier alpha value is 0.227. The quantitative estimate of drug-likeness (QED) is 0.341. The number of hydrogen-bond acceptors (Lipinski definition) is 1. The zero-order valence-corrected chi connectivity index (χ0v) is 6.14. The summed E-state index contributed by atoms with van der Waals surface area (Å²) in [4.78, 5) is 3.71. The number of hydrogen-bond donors (Lipinski definition) is 0.